The Kier molecular flexibility index (Phi) is 4.45. The Bertz CT molecular complexity index is 759. The van der Waals surface area contributed by atoms with Crippen molar-refractivity contribution in [3.05, 3.63) is 36.0 Å². The second-order valence-corrected chi connectivity index (χ2v) is 4.70. The number of benzene rings is 1. The van der Waals surface area contributed by atoms with E-state index >= 15 is 0 Å². The second-order valence-electron chi connectivity index (χ2n) is 4.70. The number of Topliss-reactive ketones (excluding diaryl/α,β-unsaturated/α-hetero) is 1. The number of nitrogens with one attached hydrogen (secondary N) is 1. The van der Waals surface area contributed by atoms with Crippen LogP contribution in [0, 0.1) is 12.7 Å². The summed E-state index contributed by atoms with van der Waals surface area (Å²) in [6, 6.07) is 3.58. The van der Waals surface area contributed by atoms with Crippen molar-refractivity contribution in [3.63, 3.8) is 0 Å². The molecule has 0 saturated heterocycles. The zero-order chi connectivity index (χ0) is 16.3. The Morgan fingerprint density at radius 3 is 2.68 bits per heavy atom. The molecule has 0 atom stereocenters. The van der Waals surface area contributed by atoms with Gasteiger partial charge in [-0.3, -0.25) is 4.79 Å². The van der Waals surface area contributed by atoms with Crippen LogP contribution in [0.5, 0.6) is 5.75 Å². The van der Waals surface area contributed by atoms with Crippen LogP contribution in [-0.2, 0) is 4.79 Å². The highest BCUT2D eigenvalue weighted by Crippen LogP contribution is 2.32. The minimum absolute atomic E-state index is 0.168. The molecule has 114 valence electrons. The molecule has 1 aromatic heterocycles. The predicted molar refractivity (Wildman–Crippen MR) is 81.6 cm³/mol. The summed E-state index contributed by atoms with van der Waals surface area (Å²) >= 11 is 0. The topological polar surface area (TPSA) is 87.5 Å². The summed E-state index contributed by atoms with van der Waals surface area (Å²) in [5, 5.41) is 12.6. The van der Waals surface area contributed by atoms with Crippen molar-refractivity contribution in [3.8, 4) is 5.75 Å². The number of hydrogen-bond donors (Lipinski definition) is 2. The summed E-state index contributed by atoms with van der Waals surface area (Å²) in [7, 11) is 0. The van der Waals surface area contributed by atoms with Crippen molar-refractivity contribution < 1.29 is 14.3 Å². The van der Waals surface area contributed by atoms with E-state index in [1.54, 1.807) is 13.8 Å². The molecule has 0 aliphatic carbocycles. The van der Waals surface area contributed by atoms with Crippen molar-refractivity contribution in [2.24, 2.45) is 4.99 Å². The number of carbonyl (C=O) groups is 1. The van der Waals surface area contributed by atoms with Crippen LogP contribution in [0.25, 0.3) is 0 Å². The first kappa shape index (κ1) is 15.6. The van der Waals surface area contributed by atoms with Crippen LogP contribution in [0.2, 0.25) is 0 Å². The maximum Gasteiger partial charge on any atom is 0.173 e. The van der Waals surface area contributed by atoms with Crippen LogP contribution in [0.1, 0.15) is 19.5 Å². The van der Waals surface area contributed by atoms with Crippen LogP contribution in [0.4, 0.5) is 21.6 Å². The molecule has 0 fully saturated rings. The first-order valence-corrected chi connectivity index (χ1v) is 6.52. The van der Waals surface area contributed by atoms with Gasteiger partial charge >= 0.3 is 0 Å². The van der Waals surface area contributed by atoms with E-state index in [-0.39, 0.29) is 17.2 Å². The fourth-order valence-corrected chi connectivity index (χ4v) is 1.68. The first-order valence-electron chi connectivity index (χ1n) is 6.52. The highest BCUT2D eigenvalue weighted by Gasteiger charge is 2.12. The van der Waals surface area contributed by atoms with E-state index in [0.29, 0.717) is 22.9 Å². The summed E-state index contributed by atoms with van der Waals surface area (Å²) in [5.41, 5.74) is 1.54. The number of aryl methyl sites for hydroxylation is 1. The Labute approximate surface area is 126 Å². The van der Waals surface area contributed by atoms with Gasteiger partial charge in [-0.15, -0.1) is 0 Å². The van der Waals surface area contributed by atoms with E-state index in [2.05, 4.69) is 20.3 Å². The molecule has 2 aromatic rings. The fourth-order valence-electron chi connectivity index (χ4n) is 1.68. The van der Waals surface area contributed by atoms with Gasteiger partial charge in [-0.05, 0) is 26.0 Å². The lowest BCUT2D eigenvalue weighted by Gasteiger charge is -2.11. The van der Waals surface area contributed by atoms with Gasteiger partial charge in [-0.2, -0.15) is 0 Å². The molecule has 0 aliphatic heterocycles. The van der Waals surface area contributed by atoms with E-state index in [4.69, 9.17) is 0 Å². The van der Waals surface area contributed by atoms with E-state index < -0.39 is 5.82 Å². The Hall–Kier alpha value is -2.83. The average Bonchev–Trinajstić information content (AvgIpc) is 2.45. The zero-order valence-corrected chi connectivity index (χ0v) is 12.4. The monoisotopic (exact) mass is 302 g/mol. The molecule has 0 aliphatic rings. The molecule has 7 heteroatoms. The highest BCUT2D eigenvalue weighted by atomic mass is 19.1. The molecule has 0 unspecified atom stereocenters. The SMILES string of the molecule is CC(=O)/C(C)=N/c1c(C)ncnc1Nc1ccc(F)cc1O. The highest BCUT2D eigenvalue weighted by molar-refractivity contribution is 6.38. The molecule has 6 nitrogen and oxygen atoms in total. The molecule has 0 bridgehead atoms. The third kappa shape index (κ3) is 3.43. The number of rotatable bonds is 4. The molecule has 2 rings (SSSR count). The lowest BCUT2D eigenvalue weighted by Crippen LogP contribution is -2.05. The molecular formula is C15H15FN4O2. The zero-order valence-electron chi connectivity index (χ0n) is 12.4. The fraction of sp³-hybridized carbons (Fsp3) is 0.200. The molecule has 0 radical (unpaired) electrons. The number of anilines is 2. The smallest absolute Gasteiger partial charge is 0.173 e. The number of nitrogens with zero attached hydrogens (tertiary/aromatic N) is 3. The van der Waals surface area contributed by atoms with Gasteiger partial charge < -0.3 is 10.4 Å². The van der Waals surface area contributed by atoms with Crippen molar-refractivity contribution in [1.82, 2.24) is 9.97 Å². The lowest BCUT2D eigenvalue weighted by atomic mass is 10.2. The molecule has 0 amide bonds. The van der Waals surface area contributed by atoms with Gasteiger partial charge in [-0.1, -0.05) is 0 Å². The van der Waals surface area contributed by atoms with Gasteiger partial charge in [0.2, 0.25) is 0 Å². The third-order valence-electron chi connectivity index (χ3n) is 3.01. The number of aromatic hydroxyl groups is 1. The van der Waals surface area contributed by atoms with Gasteiger partial charge in [0.15, 0.2) is 11.6 Å². The maximum absolute atomic E-state index is 13.0. The molecule has 22 heavy (non-hydrogen) atoms. The summed E-state index contributed by atoms with van der Waals surface area (Å²) in [4.78, 5) is 23.7. The van der Waals surface area contributed by atoms with Crippen LogP contribution in [0.3, 0.4) is 0 Å². The quantitative estimate of drug-likeness (QED) is 0.669. The van der Waals surface area contributed by atoms with Gasteiger partial charge in [0, 0.05) is 13.0 Å². The van der Waals surface area contributed by atoms with E-state index in [1.165, 1.54) is 25.4 Å². The summed E-state index contributed by atoms with van der Waals surface area (Å²) in [6.07, 6.45) is 1.33. The van der Waals surface area contributed by atoms with E-state index in [1.807, 2.05) is 0 Å². The summed E-state index contributed by atoms with van der Waals surface area (Å²) in [5.74, 6) is -0.657. The number of phenols is 1. The third-order valence-corrected chi connectivity index (χ3v) is 3.01. The van der Waals surface area contributed by atoms with Crippen LogP contribution < -0.4 is 5.32 Å². The first-order chi connectivity index (χ1) is 10.4. The largest absolute Gasteiger partial charge is 0.506 e. The molecular weight excluding hydrogens is 287 g/mol. The number of ketones is 1. The molecule has 0 saturated carbocycles. The average molecular weight is 302 g/mol. The van der Waals surface area contributed by atoms with Crippen molar-refractivity contribution in [2.45, 2.75) is 20.8 Å². The van der Waals surface area contributed by atoms with Gasteiger partial charge in [0.05, 0.1) is 17.1 Å². The Morgan fingerprint density at radius 2 is 2.05 bits per heavy atom. The Balaban J connectivity index is 2.45. The number of aromatic nitrogens is 2. The number of hydrogen-bond acceptors (Lipinski definition) is 6. The number of phenolic OH excluding ortho intramolecular Hbond substituents is 1. The van der Waals surface area contributed by atoms with Gasteiger partial charge in [-0.25, -0.2) is 19.4 Å². The summed E-state index contributed by atoms with van der Waals surface area (Å²) in [6.45, 7) is 4.73. The van der Waals surface area contributed by atoms with E-state index in [0.717, 1.165) is 6.07 Å². The van der Waals surface area contributed by atoms with Crippen molar-refractivity contribution >= 4 is 28.7 Å². The van der Waals surface area contributed by atoms with Gasteiger partial charge in [0.1, 0.15) is 23.6 Å². The lowest BCUT2D eigenvalue weighted by molar-refractivity contribution is -0.111. The standard InChI is InChI=1S/C15H15FN4O2/c1-8(10(3)21)19-14-9(2)17-7-18-15(14)20-12-5-4-11(16)6-13(12)22/h4-7,22H,1-3H3,(H,17,18,20)/b19-8+. The van der Waals surface area contributed by atoms with Crippen molar-refractivity contribution in [2.75, 3.05) is 5.32 Å². The normalized spacial score (nSPS) is 11.4. The molecule has 2 N–H and O–H groups in total. The van der Waals surface area contributed by atoms with Crippen LogP contribution >= 0.6 is 0 Å². The number of halogens is 1. The number of carbonyl (C=O) groups excluding carboxylic acids is 1. The Morgan fingerprint density at radius 1 is 1.32 bits per heavy atom. The van der Waals surface area contributed by atoms with Crippen LogP contribution in [-0.4, -0.2) is 26.6 Å². The van der Waals surface area contributed by atoms with Gasteiger partial charge in [0.25, 0.3) is 0 Å². The maximum atomic E-state index is 13.0. The minimum Gasteiger partial charge on any atom is -0.506 e. The van der Waals surface area contributed by atoms with Crippen LogP contribution in [0.15, 0.2) is 29.5 Å². The molecule has 1 heterocycles. The molecule has 1 aromatic carbocycles. The predicted octanol–water partition coefficient (Wildman–Crippen LogP) is 3.05. The minimum atomic E-state index is -0.549. The second kappa shape index (κ2) is 6.30. The van der Waals surface area contributed by atoms with E-state index in [9.17, 15) is 14.3 Å². The van der Waals surface area contributed by atoms with Crippen molar-refractivity contribution in [1.29, 1.82) is 0 Å². The molecule has 0 spiro atoms. The summed E-state index contributed by atoms with van der Waals surface area (Å²) < 4.78 is 13.0. The number of aliphatic imine (C=N–C) groups is 1.